The molecule has 5 nitrogen and oxygen atoms in total. The Labute approximate surface area is 259 Å². The summed E-state index contributed by atoms with van der Waals surface area (Å²) in [6.45, 7) is 9.19. The highest BCUT2D eigenvalue weighted by atomic mass is 35.5. The van der Waals surface area contributed by atoms with Crippen LogP contribution in [0.25, 0.3) is 0 Å². The molecule has 4 fully saturated rings. The molecule has 226 valence electrons. The van der Waals surface area contributed by atoms with E-state index in [2.05, 4.69) is 43.0 Å². The minimum Gasteiger partial charge on any atom is -0.463 e. The molecule has 8 heteroatoms. The summed E-state index contributed by atoms with van der Waals surface area (Å²) in [4.78, 5) is 42.4. The van der Waals surface area contributed by atoms with Crippen LogP contribution in [0.5, 0.6) is 0 Å². The van der Waals surface area contributed by atoms with Crippen LogP contribution in [0.15, 0.2) is 29.2 Å². The largest absolute Gasteiger partial charge is 0.463 e. The van der Waals surface area contributed by atoms with Crippen molar-refractivity contribution >= 4 is 58.2 Å². The van der Waals surface area contributed by atoms with Gasteiger partial charge < -0.3 is 9.64 Å². The first kappa shape index (κ1) is 31.2. The van der Waals surface area contributed by atoms with Crippen molar-refractivity contribution in [2.45, 2.75) is 88.9 Å². The van der Waals surface area contributed by atoms with Gasteiger partial charge in [-0.3, -0.25) is 14.4 Å². The van der Waals surface area contributed by atoms with Gasteiger partial charge in [-0.25, -0.2) is 0 Å². The molecule has 41 heavy (non-hydrogen) atoms. The Bertz CT molecular complexity index is 1140. The number of alkyl halides is 2. The molecule has 7 unspecified atom stereocenters. The summed E-state index contributed by atoms with van der Waals surface area (Å²) in [7, 11) is 0. The number of carbonyl (C=O) groups excluding carboxylic acids is 3. The van der Waals surface area contributed by atoms with Gasteiger partial charge in [0.05, 0.1) is 0 Å². The Morgan fingerprint density at radius 3 is 2.29 bits per heavy atom. The van der Waals surface area contributed by atoms with Crippen LogP contribution in [0.2, 0.25) is 0 Å². The molecular weight excluding hydrogens is 577 g/mol. The van der Waals surface area contributed by atoms with E-state index in [1.165, 1.54) is 6.92 Å². The summed E-state index contributed by atoms with van der Waals surface area (Å²) in [6.07, 6.45) is 6.48. The van der Waals surface area contributed by atoms with Crippen molar-refractivity contribution in [3.63, 3.8) is 0 Å². The van der Waals surface area contributed by atoms with E-state index in [1.54, 1.807) is 18.7 Å². The third kappa shape index (κ3) is 5.71. The SMILES string of the molecule is CC(=O)OC1CC[C@@]2(C)C(CCC3C2CC(=O)[C@@]2(C)C3CC(Sc3ccc(N(CCCl)CCCl)cc3)C2C(C)=O)C1. The zero-order valence-electron chi connectivity index (χ0n) is 24.9. The van der Waals surface area contributed by atoms with Crippen molar-refractivity contribution < 1.29 is 19.1 Å². The molecule has 4 aliphatic carbocycles. The van der Waals surface area contributed by atoms with Gasteiger partial charge in [0.25, 0.3) is 0 Å². The van der Waals surface area contributed by atoms with Gasteiger partial charge in [0.2, 0.25) is 0 Å². The molecule has 4 saturated carbocycles. The van der Waals surface area contributed by atoms with E-state index < -0.39 is 5.41 Å². The lowest BCUT2D eigenvalue weighted by molar-refractivity contribution is -0.167. The highest BCUT2D eigenvalue weighted by Crippen LogP contribution is 2.68. The number of thioether (sulfide) groups is 1. The molecule has 4 aliphatic rings. The van der Waals surface area contributed by atoms with Crippen LogP contribution in [0.1, 0.15) is 72.6 Å². The standard InChI is InChI=1S/C33H45Cl2NO4S/c1-20(37)31-29(41-25-8-6-23(7-9-25)36(15-13-34)16-14-35)18-28-26-10-5-22-17-24(40-21(2)38)11-12-32(22,3)27(26)19-30(39)33(28,31)4/h6-9,22,24,26-29,31H,5,10-19H2,1-4H3/t22?,24?,26?,27?,28?,29?,31?,32-,33+/m0/s1. The summed E-state index contributed by atoms with van der Waals surface area (Å²) >= 11 is 13.8. The maximum absolute atomic E-state index is 14.2. The number of halogens is 2. The predicted molar refractivity (Wildman–Crippen MR) is 167 cm³/mol. The Hall–Kier alpha value is -1.24. The first-order chi connectivity index (χ1) is 19.5. The fraction of sp³-hybridized carbons (Fsp3) is 0.727. The lowest BCUT2D eigenvalue weighted by Gasteiger charge is -2.60. The smallest absolute Gasteiger partial charge is 0.302 e. The zero-order chi connectivity index (χ0) is 29.5. The van der Waals surface area contributed by atoms with Crippen molar-refractivity contribution in [1.29, 1.82) is 0 Å². The van der Waals surface area contributed by atoms with Crippen LogP contribution in [0, 0.1) is 40.4 Å². The molecule has 1 aromatic rings. The van der Waals surface area contributed by atoms with Crippen molar-refractivity contribution in [3.05, 3.63) is 24.3 Å². The number of anilines is 1. The van der Waals surface area contributed by atoms with Gasteiger partial charge in [0, 0.05) is 65.4 Å². The van der Waals surface area contributed by atoms with E-state index in [0.717, 1.165) is 62.2 Å². The van der Waals surface area contributed by atoms with Gasteiger partial charge in [0.1, 0.15) is 17.7 Å². The number of fused-ring (bicyclic) bond motifs is 5. The van der Waals surface area contributed by atoms with Crippen molar-refractivity contribution in [2.75, 3.05) is 29.7 Å². The van der Waals surface area contributed by atoms with E-state index in [4.69, 9.17) is 27.9 Å². The molecule has 0 spiro atoms. The Morgan fingerprint density at radius 1 is 1.00 bits per heavy atom. The molecule has 0 saturated heterocycles. The maximum Gasteiger partial charge on any atom is 0.302 e. The van der Waals surface area contributed by atoms with Gasteiger partial charge in [0.15, 0.2) is 0 Å². The number of hydrogen-bond donors (Lipinski definition) is 0. The number of Topliss-reactive ketones (excluding diaryl/α,β-unsaturated/α-hetero) is 2. The molecule has 0 bridgehead atoms. The Morgan fingerprint density at radius 2 is 1.68 bits per heavy atom. The molecule has 0 radical (unpaired) electrons. The molecule has 0 N–H and O–H groups in total. The normalized spacial score (nSPS) is 38.0. The van der Waals surface area contributed by atoms with Crippen molar-refractivity contribution in [2.24, 2.45) is 40.4 Å². The van der Waals surface area contributed by atoms with E-state index >= 15 is 0 Å². The number of rotatable bonds is 9. The Kier molecular flexibility index (Phi) is 9.43. The number of ether oxygens (including phenoxy) is 1. The quantitative estimate of drug-likeness (QED) is 0.211. The zero-order valence-corrected chi connectivity index (χ0v) is 27.2. The summed E-state index contributed by atoms with van der Waals surface area (Å²) < 4.78 is 5.62. The van der Waals surface area contributed by atoms with Crippen LogP contribution in [0.3, 0.4) is 0 Å². The number of hydrogen-bond acceptors (Lipinski definition) is 6. The fourth-order valence-electron chi connectivity index (χ4n) is 9.56. The van der Waals surface area contributed by atoms with E-state index in [0.29, 0.717) is 41.7 Å². The van der Waals surface area contributed by atoms with Gasteiger partial charge in [-0.1, -0.05) is 13.8 Å². The predicted octanol–water partition coefficient (Wildman–Crippen LogP) is 7.40. The molecule has 9 atom stereocenters. The van der Waals surface area contributed by atoms with Crippen LogP contribution in [0.4, 0.5) is 5.69 Å². The molecule has 5 rings (SSSR count). The number of nitrogens with zero attached hydrogens (tertiary/aromatic N) is 1. The van der Waals surface area contributed by atoms with E-state index in [-0.39, 0.29) is 40.4 Å². The molecule has 0 aliphatic heterocycles. The summed E-state index contributed by atoms with van der Waals surface area (Å²) in [5, 5.41) is 0.0862. The number of ketones is 2. The summed E-state index contributed by atoms with van der Waals surface area (Å²) in [6, 6.07) is 8.50. The minimum atomic E-state index is -0.597. The third-order valence-corrected chi connectivity index (χ3v) is 13.1. The lowest BCUT2D eigenvalue weighted by Crippen LogP contribution is -2.57. The van der Waals surface area contributed by atoms with E-state index in [1.807, 2.05) is 0 Å². The topological polar surface area (TPSA) is 63.7 Å². The average Bonchev–Trinajstić information content (AvgIpc) is 3.23. The summed E-state index contributed by atoms with van der Waals surface area (Å²) in [5.74, 6) is 2.57. The second-order valence-electron chi connectivity index (χ2n) is 13.4. The monoisotopic (exact) mass is 621 g/mol. The van der Waals surface area contributed by atoms with Crippen LogP contribution in [-0.4, -0.2) is 53.7 Å². The van der Waals surface area contributed by atoms with Crippen LogP contribution in [-0.2, 0) is 19.1 Å². The van der Waals surface area contributed by atoms with Gasteiger partial charge >= 0.3 is 5.97 Å². The summed E-state index contributed by atoms with van der Waals surface area (Å²) in [5.41, 5.74) is 0.582. The minimum absolute atomic E-state index is 0.00405. The first-order valence-electron chi connectivity index (χ1n) is 15.4. The third-order valence-electron chi connectivity index (χ3n) is 11.5. The van der Waals surface area contributed by atoms with Crippen LogP contribution < -0.4 is 4.90 Å². The highest BCUT2D eigenvalue weighted by molar-refractivity contribution is 8.00. The van der Waals surface area contributed by atoms with Crippen LogP contribution >= 0.6 is 35.0 Å². The van der Waals surface area contributed by atoms with Crippen molar-refractivity contribution in [3.8, 4) is 0 Å². The first-order valence-corrected chi connectivity index (χ1v) is 17.3. The van der Waals surface area contributed by atoms with E-state index in [9.17, 15) is 14.4 Å². The fourth-order valence-corrected chi connectivity index (χ4v) is 11.5. The number of benzene rings is 1. The molecule has 1 aromatic carbocycles. The van der Waals surface area contributed by atoms with Gasteiger partial charge in [-0.15, -0.1) is 35.0 Å². The average molecular weight is 623 g/mol. The molecule has 0 aromatic heterocycles. The Balaban J connectivity index is 1.37. The van der Waals surface area contributed by atoms with Gasteiger partial charge in [-0.2, -0.15) is 0 Å². The number of esters is 1. The second kappa shape index (κ2) is 12.4. The molecule has 0 heterocycles. The molecule has 0 amide bonds. The lowest BCUT2D eigenvalue weighted by atomic mass is 9.44. The van der Waals surface area contributed by atoms with Gasteiger partial charge in [-0.05, 0) is 98.8 Å². The molecular formula is C33H45Cl2NO4S. The number of carbonyl (C=O) groups is 3. The second-order valence-corrected chi connectivity index (χ2v) is 15.5. The van der Waals surface area contributed by atoms with Crippen molar-refractivity contribution in [1.82, 2.24) is 0 Å². The highest BCUT2D eigenvalue weighted by Gasteiger charge is 2.66. The maximum atomic E-state index is 14.2.